The molecule has 2 aliphatic heterocycles. The topological polar surface area (TPSA) is 78.9 Å². The molecule has 0 aromatic heterocycles. The van der Waals surface area contributed by atoms with Gasteiger partial charge in [-0.2, -0.15) is 4.31 Å². The molecule has 0 spiro atoms. The number of nitrogens with one attached hydrogen (secondary N) is 1. The molecule has 2 heterocycles. The largest absolute Gasteiger partial charge is 0.496 e. The van der Waals surface area contributed by atoms with Crippen LogP contribution in [0.15, 0.2) is 71.6 Å². The first-order valence-electron chi connectivity index (χ1n) is 10.9. The van der Waals surface area contributed by atoms with Gasteiger partial charge in [-0.1, -0.05) is 36.4 Å². The first kappa shape index (κ1) is 21.9. The lowest BCUT2D eigenvalue weighted by Crippen LogP contribution is -2.43. The van der Waals surface area contributed by atoms with Crippen LogP contribution in [0.5, 0.6) is 5.75 Å². The van der Waals surface area contributed by atoms with E-state index in [1.165, 1.54) is 22.5 Å². The number of aliphatic hydroxyl groups is 1. The minimum atomic E-state index is -4.08. The molecule has 0 unspecified atom stereocenters. The Morgan fingerprint density at radius 1 is 1.12 bits per heavy atom. The molecule has 6 nitrogen and oxygen atoms in total. The van der Waals surface area contributed by atoms with Gasteiger partial charge >= 0.3 is 0 Å². The lowest BCUT2D eigenvalue weighted by Gasteiger charge is -2.39. The number of methoxy groups -OCH3 is 1. The summed E-state index contributed by atoms with van der Waals surface area (Å²) < 4.78 is 48.5. The van der Waals surface area contributed by atoms with Crippen molar-refractivity contribution < 1.29 is 22.7 Å². The number of nitrogens with zero attached hydrogens (tertiary/aromatic N) is 1. The normalized spacial score (nSPS) is 22.3. The second kappa shape index (κ2) is 8.44. The number of aliphatic hydroxyl groups excluding tert-OH is 1. The molecule has 8 heteroatoms. The van der Waals surface area contributed by atoms with Crippen molar-refractivity contribution >= 4 is 15.7 Å². The highest BCUT2D eigenvalue weighted by molar-refractivity contribution is 7.89. The van der Waals surface area contributed by atoms with Gasteiger partial charge in [0.25, 0.3) is 0 Å². The molecular formula is C25H25FN2O4S. The van der Waals surface area contributed by atoms with Gasteiger partial charge in [0.2, 0.25) is 10.0 Å². The summed E-state index contributed by atoms with van der Waals surface area (Å²) in [5.74, 6) is -0.193. The summed E-state index contributed by atoms with van der Waals surface area (Å²) >= 11 is 0. The predicted molar refractivity (Wildman–Crippen MR) is 124 cm³/mol. The van der Waals surface area contributed by atoms with Gasteiger partial charge in [-0.15, -0.1) is 0 Å². The number of para-hydroxylation sites is 1. The first-order chi connectivity index (χ1) is 16.0. The lowest BCUT2D eigenvalue weighted by atomic mass is 9.82. The molecule has 0 saturated carbocycles. The Labute approximate surface area is 192 Å². The second-order valence-corrected chi connectivity index (χ2v) is 10.2. The van der Waals surface area contributed by atoms with E-state index >= 15 is 0 Å². The van der Waals surface area contributed by atoms with Crippen LogP contribution < -0.4 is 10.1 Å². The highest BCUT2D eigenvalue weighted by atomic mass is 32.2. The van der Waals surface area contributed by atoms with E-state index in [9.17, 15) is 17.9 Å². The van der Waals surface area contributed by atoms with Crippen molar-refractivity contribution in [3.8, 4) is 16.9 Å². The molecule has 33 heavy (non-hydrogen) atoms. The van der Waals surface area contributed by atoms with E-state index < -0.39 is 21.9 Å². The SMILES string of the molecule is COc1ccccc1-c1ccc2c(c1)[C@H]1[C@H](CCN1S(=O)(=O)c1ccccc1F)[C@H](CO)N2. The Morgan fingerprint density at radius 2 is 1.88 bits per heavy atom. The van der Waals surface area contributed by atoms with Gasteiger partial charge in [0.05, 0.1) is 25.8 Å². The summed E-state index contributed by atoms with van der Waals surface area (Å²) in [5, 5.41) is 13.4. The van der Waals surface area contributed by atoms with E-state index in [0.717, 1.165) is 28.4 Å². The van der Waals surface area contributed by atoms with Crippen molar-refractivity contribution in [2.75, 3.05) is 25.6 Å². The molecule has 172 valence electrons. The van der Waals surface area contributed by atoms with E-state index in [2.05, 4.69) is 5.32 Å². The molecule has 3 atom stereocenters. The van der Waals surface area contributed by atoms with Gasteiger partial charge in [-0.05, 0) is 47.9 Å². The molecule has 0 bridgehead atoms. The van der Waals surface area contributed by atoms with Crippen LogP contribution in [0, 0.1) is 11.7 Å². The van der Waals surface area contributed by atoms with Gasteiger partial charge in [0.1, 0.15) is 16.5 Å². The molecule has 3 aromatic carbocycles. The van der Waals surface area contributed by atoms with Crippen LogP contribution in [-0.4, -0.2) is 44.1 Å². The quantitative estimate of drug-likeness (QED) is 0.591. The molecule has 2 aliphatic rings. The number of ether oxygens (including phenoxy) is 1. The summed E-state index contributed by atoms with van der Waals surface area (Å²) in [4.78, 5) is -0.327. The predicted octanol–water partition coefficient (Wildman–Crippen LogP) is 4.04. The third-order valence-corrected chi connectivity index (χ3v) is 8.58. The van der Waals surface area contributed by atoms with Crippen molar-refractivity contribution in [1.29, 1.82) is 0 Å². The molecular weight excluding hydrogens is 443 g/mol. The molecule has 3 aromatic rings. The van der Waals surface area contributed by atoms with Gasteiger partial charge in [0, 0.05) is 23.7 Å². The maximum atomic E-state index is 14.5. The molecule has 5 rings (SSSR count). The van der Waals surface area contributed by atoms with Gasteiger partial charge in [-0.25, -0.2) is 12.8 Å². The summed E-state index contributed by atoms with van der Waals surface area (Å²) in [6, 6.07) is 18.1. The lowest BCUT2D eigenvalue weighted by molar-refractivity contribution is 0.210. The summed E-state index contributed by atoms with van der Waals surface area (Å²) in [6.07, 6.45) is 0.564. The fourth-order valence-corrected chi connectivity index (χ4v) is 6.85. The average molecular weight is 469 g/mol. The maximum absolute atomic E-state index is 14.5. The monoisotopic (exact) mass is 468 g/mol. The van der Waals surface area contributed by atoms with Crippen LogP contribution in [0.25, 0.3) is 11.1 Å². The number of sulfonamides is 1. The minimum absolute atomic E-state index is 0.123. The Balaban J connectivity index is 1.64. The molecule has 1 saturated heterocycles. The average Bonchev–Trinajstić information content (AvgIpc) is 3.30. The zero-order valence-electron chi connectivity index (χ0n) is 18.1. The Bertz CT molecular complexity index is 1300. The van der Waals surface area contributed by atoms with Crippen LogP contribution in [-0.2, 0) is 10.0 Å². The van der Waals surface area contributed by atoms with Crippen LogP contribution in [0.4, 0.5) is 10.1 Å². The number of halogens is 1. The number of benzene rings is 3. The smallest absolute Gasteiger partial charge is 0.246 e. The Hall–Kier alpha value is -2.94. The number of anilines is 1. The van der Waals surface area contributed by atoms with Gasteiger partial charge < -0.3 is 15.2 Å². The fourth-order valence-electron chi connectivity index (χ4n) is 5.12. The Morgan fingerprint density at radius 3 is 2.64 bits per heavy atom. The fraction of sp³-hybridized carbons (Fsp3) is 0.280. The zero-order chi connectivity index (χ0) is 23.2. The second-order valence-electron chi connectivity index (χ2n) is 8.38. The van der Waals surface area contributed by atoms with E-state index in [0.29, 0.717) is 12.2 Å². The Kier molecular flexibility index (Phi) is 5.60. The van der Waals surface area contributed by atoms with E-state index in [-0.39, 0.29) is 30.0 Å². The molecule has 0 aliphatic carbocycles. The van der Waals surface area contributed by atoms with E-state index in [1.807, 2.05) is 42.5 Å². The van der Waals surface area contributed by atoms with Crippen LogP contribution in [0.1, 0.15) is 18.0 Å². The maximum Gasteiger partial charge on any atom is 0.246 e. The van der Waals surface area contributed by atoms with Crippen molar-refractivity contribution in [3.05, 3.63) is 78.1 Å². The summed E-state index contributed by atoms with van der Waals surface area (Å²) in [7, 11) is -2.47. The zero-order valence-corrected chi connectivity index (χ0v) is 18.9. The summed E-state index contributed by atoms with van der Waals surface area (Å²) in [5.41, 5.74) is 3.37. The van der Waals surface area contributed by atoms with Crippen LogP contribution >= 0.6 is 0 Å². The van der Waals surface area contributed by atoms with E-state index in [4.69, 9.17) is 4.74 Å². The molecule has 0 radical (unpaired) electrons. The van der Waals surface area contributed by atoms with Crippen molar-refractivity contribution in [2.24, 2.45) is 5.92 Å². The molecule has 2 N–H and O–H groups in total. The van der Waals surface area contributed by atoms with Crippen LogP contribution in [0.2, 0.25) is 0 Å². The first-order valence-corrected chi connectivity index (χ1v) is 12.3. The molecule has 0 amide bonds. The number of fused-ring (bicyclic) bond motifs is 3. The van der Waals surface area contributed by atoms with Gasteiger partial charge in [-0.3, -0.25) is 0 Å². The minimum Gasteiger partial charge on any atom is -0.496 e. The third-order valence-electron chi connectivity index (χ3n) is 6.66. The van der Waals surface area contributed by atoms with Crippen molar-refractivity contribution in [3.63, 3.8) is 0 Å². The number of rotatable bonds is 5. The van der Waals surface area contributed by atoms with Gasteiger partial charge in [0.15, 0.2) is 0 Å². The van der Waals surface area contributed by atoms with Crippen molar-refractivity contribution in [2.45, 2.75) is 23.4 Å². The number of hydrogen-bond acceptors (Lipinski definition) is 5. The van der Waals surface area contributed by atoms with Crippen LogP contribution in [0.3, 0.4) is 0 Å². The highest BCUT2D eigenvalue weighted by Gasteiger charge is 2.49. The summed E-state index contributed by atoms with van der Waals surface area (Å²) in [6.45, 7) is 0.130. The third kappa shape index (κ3) is 3.58. The van der Waals surface area contributed by atoms with E-state index in [1.54, 1.807) is 7.11 Å². The standard InChI is InChI=1S/C25H25FN2O4S/c1-32-23-8-4-2-6-17(23)16-10-11-21-19(14-16)25-18(22(15-29)27-21)12-13-28(25)33(30,31)24-9-5-3-7-20(24)26/h2-11,14,18,22,25,27,29H,12-13,15H2,1H3/t18-,22+,25-/m1/s1. The van der Waals surface area contributed by atoms with Crippen molar-refractivity contribution in [1.82, 2.24) is 4.31 Å². The molecule has 1 fully saturated rings. The number of hydrogen-bond donors (Lipinski definition) is 2. The highest BCUT2D eigenvalue weighted by Crippen LogP contribution is 2.49.